The Morgan fingerprint density at radius 1 is 1.56 bits per heavy atom. The number of nitriles is 1. The fourth-order valence-corrected chi connectivity index (χ4v) is 1.16. The molecule has 0 aliphatic rings. The van der Waals surface area contributed by atoms with Crippen LogP contribution in [0.5, 0.6) is 5.75 Å². The predicted molar refractivity (Wildman–Crippen MR) is 52.2 cm³/mol. The van der Waals surface area contributed by atoms with Gasteiger partial charge in [0.1, 0.15) is 6.07 Å². The number of nitrogen functional groups attached to an aromatic ring is 1. The molecule has 1 aromatic carbocycles. The number of halogens is 2. The lowest BCUT2D eigenvalue weighted by molar-refractivity contribution is -0.0495. The van der Waals surface area contributed by atoms with E-state index in [0.29, 0.717) is 0 Å². The summed E-state index contributed by atoms with van der Waals surface area (Å²) in [4.78, 5) is 11.0. The Hall–Kier alpha value is -2.16. The van der Waals surface area contributed by atoms with Crippen LogP contribution in [0, 0.1) is 11.3 Å². The zero-order valence-electron chi connectivity index (χ0n) is 8.33. The number of anilines is 1. The fraction of sp³-hybridized carbons (Fsp3) is 0.200. The average molecular weight is 226 g/mol. The molecular weight excluding hydrogens is 218 g/mol. The number of ketones is 1. The monoisotopic (exact) mass is 226 g/mol. The quantitative estimate of drug-likeness (QED) is 0.631. The molecule has 84 valence electrons. The number of ether oxygens (including phenoxy) is 1. The number of benzene rings is 1. The van der Waals surface area contributed by atoms with Gasteiger partial charge in [-0.2, -0.15) is 14.0 Å². The summed E-state index contributed by atoms with van der Waals surface area (Å²) in [5.74, 6) is -0.714. The van der Waals surface area contributed by atoms with Crippen LogP contribution in [-0.4, -0.2) is 12.4 Å². The molecule has 0 amide bonds. The summed E-state index contributed by atoms with van der Waals surface area (Å²) < 4.78 is 28.2. The standard InChI is InChI=1S/C10H8F2N2O2/c1-5(15)6-2-7(4-13)9(8(14)3-6)16-10(11)12/h2-3,10H,14H2,1H3. The second-order valence-corrected chi connectivity index (χ2v) is 2.99. The predicted octanol–water partition coefficient (Wildman–Crippen LogP) is 1.94. The van der Waals surface area contributed by atoms with Crippen molar-refractivity contribution in [2.45, 2.75) is 13.5 Å². The highest BCUT2D eigenvalue weighted by Gasteiger charge is 2.15. The van der Waals surface area contributed by atoms with Gasteiger partial charge in [-0.25, -0.2) is 0 Å². The normalized spacial score (nSPS) is 9.94. The summed E-state index contributed by atoms with van der Waals surface area (Å²) in [6.45, 7) is -1.79. The van der Waals surface area contributed by atoms with Gasteiger partial charge in [0.2, 0.25) is 0 Å². The SMILES string of the molecule is CC(=O)c1cc(N)c(OC(F)F)c(C#N)c1. The zero-order valence-corrected chi connectivity index (χ0v) is 8.33. The third-order valence-electron chi connectivity index (χ3n) is 1.85. The van der Waals surface area contributed by atoms with Crippen molar-refractivity contribution in [3.8, 4) is 11.8 Å². The van der Waals surface area contributed by atoms with Crippen molar-refractivity contribution in [3.63, 3.8) is 0 Å². The van der Waals surface area contributed by atoms with E-state index in [4.69, 9.17) is 11.0 Å². The molecular formula is C10H8F2N2O2. The van der Waals surface area contributed by atoms with Crippen LogP contribution in [0.1, 0.15) is 22.8 Å². The number of alkyl halides is 2. The van der Waals surface area contributed by atoms with Gasteiger partial charge < -0.3 is 10.5 Å². The van der Waals surface area contributed by atoms with Gasteiger partial charge in [-0.1, -0.05) is 0 Å². The summed E-state index contributed by atoms with van der Waals surface area (Å²) >= 11 is 0. The summed E-state index contributed by atoms with van der Waals surface area (Å²) in [6, 6.07) is 4.00. The van der Waals surface area contributed by atoms with Crippen molar-refractivity contribution >= 4 is 11.5 Å². The summed E-state index contributed by atoms with van der Waals surface area (Å²) in [5.41, 5.74) is 5.25. The van der Waals surface area contributed by atoms with E-state index in [2.05, 4.69) is 4.74 Å². The first-order valence-corrected chi connectivity index (χ1v) is 4.25. The molecule has 0 aromatic heterocycles. The molecule has 0 saturated carbocycles. The first-order chi connectivity index (χ1) is 7.45. The largest absolute Gasteiger partial charge is 0.431 e. The van der Waals surface area contributed by atoms with Crippen molar-refractivity contribution < 1.29 is 18.3 Å². The van der Waals surface area contributed by atoms with E-state index in [9.17, 15) is 13.6 Å². The maximum absolute atomic E-state index is 12.0. The summed E-state index contributed by atoms with van der Waals surface area (Å²) in [5, 5.41) is 8.72. The second-order valence-electron chi connectivity index (χ2n) is 2.99. The lowest BCUT2D eigenvalue weighted by Crippen LogP contribution is -2.07. The molecule has 4 nitrogen and oxygen atoms in total. The van der Waals surface area contributed by atoms with Crippen LogP contribution in [0.15, 0.2) is 12.1 Å². The van der Waals surface area contributed by atoms with Gasteiger partial charge in [0.05, 0.1) is 11.3 Å². The number of hydrogen-bond donors (Lipinski definition) is 1. The minimum absolute atomic E-state index is 0.162. The van der Waals surface area contributed by atoms with Crippen LogP contribution in [0.2, 0.25) is 0 Å². The number of carbonyl (C=O) groups is 1. The molecule has 2 N–H and O–H groups in total. The van der Waals surface area contributed by atoms with Crippen LogP contribution in [0.4, 0.5) is 14.5 Å². The molecule has 16 heavy (non-hydrogen) atoms. The molecule has 1 rings (SSSR count). The molecule has 0 unspecified atom stereocenters. The van der Waals surface area contributed by atoms with E-state index in [1.54, 1.807) is 6.07 Å². The van der Waals surface area contributed by atoms with Crippen molar-refractivity contribution in [1.82, 2.24) is 0 Å². The minimum atomic E-state index is -3.07. The van der Waals surface area contributed by atoms with Crippen LogP contribution < -0.4 is 10.5 Å². The molecule has 1 aromatic rings. The number of Topliss-reactive ketones (excluding diaryl/α,β-unsaturated/α-hetero) is 1. The molecule has 0 heterocycles. The highest BCUT2D eigenvalue weighted by atomic mass is 19.3. The van der Waals surface area contributed by atoms with Crippen molar-refractivity contribution in [2.75, 3.05) is 5.73 Å². The van der Waals surface area contributed by atoms with Gasteiger partial charge in [0, 0.05) is 5.56 Å². The first kappa shape index (κ1) is 11.9. The molecule has 0 aliphatic heterocycles. The highest BCUT2D eigenvalue weighted by molar-refractivity contribution is 5.96. The number of carbonyl (C=O) groups excluding carboxylic acids is 1. The Labute approximate surface area is 90.2 Å². The van der Waals surface area contributed by atoms with Crippen LogP contribution in [0.3, 0.4) is 0 Å². The molecule has 0 fully saturated rings. The number of nitrogens with two attached hydrogens (primary N) is 1. The fourth-order valence-electron chi connectivity index (χ4n) is 1.16. The Balaban J connectivity index is 3.30. The zero-order chi connectivity index (χ0) is 12.3. The van der Waals surface area contributed by atoms with Gasteiger partial charge in [0.25, 0.3) is 0 Å². The Morgan fingerprint density at radius 3 is 2.62 bits per heavy atom. The smallest absolute Gasteiger partial charge is 0.387 e. The third kappa shape index (κ3) is 2.45. The molecule has 0 radical (unpaired) electrons. The van der Waals surface area contributed by atoms with E-state index in [0.717, 1.165) is 6.07 Å². The molecule has 0 saturated heterocycles. The summed E-state index contributed by atoms with van der Waals surface area (Å²) in [6.07, 6.45) is 0. The molecule has 0 spiro atoms. The van der Waals surface area contributed by atoms with Gasteiger partial charge in [-0.3, -0.25) is 4.79 Å². The third-order valence-corrected chi connectivity index (χ3v) is 1.85. The maximum atomic E-state index is 12.0. The highest BCUT2D eigenvalue weighted by Crippen LogP contribution is 2.29. The van der Waals surface area contributed by atoms with Crippen molar-refractivity contribution in [2.24, 2.45) is 0 Å². The average Bonchev–Trinajstić information content (AvgIpc) is 2.19. The molecule has 6 heteroatoms. The van der Waals surface area contributed by atoms with Gasteiger partial charge in [-0.15, -0.1) is 0 Å². The molecule has 0 bridgehead atoms. The molecule has 0 aliphatic carbocycles. The Morgan fingerprint density at radius 2 is 2.19 bits per heavy atom. The number of nitrogens with zero attached hydrogens (tertiary/aromatic N) is 1. The first-order valence-electron chi connectivity index (χ1n) is 4.25. The van der Waals surface area contributed by atoms with E-state index >= 15 is 0 Å². The maximum Gasteiger partial charge on any atom is 0.387 e. The van der Waals surface area contributed by atoms with E-state index in [1.165, 1.54) is 13.0 Å². The van der Waals surface area contributed by atoms with Crippen molar-refractivity contribution in [3.05, 3.63) is 23.3 Å². The van der Waals surface area contributed by atoms with Crippen LogP contribution >= 0.6 is 0 Å². The van der Waals surface area contributed by atoms with E-state index in [1.807, 2.05) is 0 Å². The van der Waals surface area contributed by atoms with Gasteiger partial charge in [0.15, 0.2) is 11.5 Å². The van der Waals surface area contributed by atoms with E-state index in [-0.39, 0.29) is 22.6 Å². The Kier molecular flexibility index (Phi) is 3.40. The van der Waals surface area contributed by atoms with Gasteiger partial charge >= 0.3 is 6.61 Å². The van der Waals surface area contributed by atoms with E-state index < -0.39 is 12.4 Å². The number of rotatable bonds is 3. The van der Waals surface area contributed by atoms with Crippen LogP contribution in [-0.2, 0) is 0 Å². The summed E-state index contributed by atoms with van der Waals surface area (Å²) in [7, 11) is 0. The van der Waals surface area contributed by atoms with Crippen molar-refractivity contribution in [1.29, 1.82) is 5.26 Å². The Bertz CT molecular complexity index is 467. The van der Waals surface area contributed by atoms with Crippen LogP contribution in [0.25, 0.3) is 0 Å². The molecule has 0 atom stereocenters. The second kappa shape index (κ2) is 4.57. The lowest BCUT2D eigenvalue weighted by Gasteiger charge is -2.10. The topological polar surface area (TPSA) is 76.1 Å². The van der Waals surface area contributed by atoms with Gasteiger partial charge in [-0.05, 0) is 19.1 Å². The number of hydrogen-bond acceptors (Lipinski definition) is 4. The lowest BCUT2D eigenvalue weighted by atomic mass is 10.1. The minimum Gasteiger partial charge on any atom is -0.431 e.